The van der Waals surface area contributed by atoms with E-state index in [1.54, 1.807) is 20.8 Å². The largest absolute Gasteiger partial charge is 0.481 e. The van der Waals surface area contributed by atoms with Crippen LogP contribution in [0.3, 0.4) is 0 Å². The maximum Gasteiger partial charge on any atom is 0.316 e. The second kappa shape index (κ2) is 5.93. The molecule has 0 aliphatic heterocycles. The van der Waals surface area contributed by atoms with Gasteiger partial charge in [-0.1, -0.05) is 34.6 Å². The maximum absolute atomic E-state index is 12.2. The first kappa shape index (κ1) is 16.0. The van der Waals surface area contributed by atoms with Crippen molar-refractivity contribution in [3.8, 4) is 0 Å². The Morgan fingerprint density at radius 1 is 1.16 bits per heavy atom. The Labute approximate surface area is 116 Å². The van der Waals surface area contributed by atoms with E-state index in [2.05, 4.69) is 19.2 Å². The number of carbonyl (C=O) groups excluding carboxylic acids is 1. The fourth-order valence-corrected chi connectivity index (χ4v) is 2.84. The van der Waals surface area contributed by atoms with Crippen LogP contribution in [-0.2, 0) is 9.59 Å². The fourth-order valence-electron chi connectivity index (χ4n) is 2.84. The first-order chi connectivity index (χ1) is 8.62. The zero-order valence-corrected chi connectivity index (χ0v) is 12.7. The van der Waals surface area contributed by atoms with Gasteiger partial charge in [-0.2, -0.15) is 0 Å². The van der Waals surface area contributed by atoms with Gasteiger partial charge in [0.2, 0.25) is 5.91 Å². The first-order valence-corrected chi connectivity index (χ1v) is 7.16. The number of carboxylic acid groups (broad SMARTS) is 1. The number of nitrogens with one attached hydrogen (secondary N) is 1. The molecule has 0 heterocycles. The lowest BCUT2D eigenvalue weighted by Gasteiger charge is -2.34. The summed E-state index contributed by atoms with van der Waals surface area (Å²) in [4.78, 5) is 23.5. The first-order valence-electron chi connectivity index (χ1n) is 7.16. The van der Waals surface area contributed by atoms with Gasteiger partial charge in [0.05, 0.1) is 0 Å². The van der Waals surface area contributed by atoms with Crippen LogP contribution in [0, 0.1) is 23.2 Å². The summed E-state index contributed by atoms with van der Waals surface area (Å²) in [6, 6.07) is 0.128. The highest BCUT2D eigenvalue weighted by atomic mass is 16.4. The molecule has 19 heavy (non-hydrogen) atoms. The van der Waals surface area contributed by atoms with E-state index in [0.717, 1.165) is 19.3 Å². The predicted octanol–water partition coefficient (Wildman–Crippen LogP) is 2.67. The van der Waals surface area contributed by atoms with Crippen LogP contribution in [0.15, 0.2) is 0 Å². The number of hydrogen-bond donors (Lipinski definition) is 2. The summed E-state index contributed by atoms with van der Waals surface area (Å²) < 4.78 is 0. The van der Waals surface area contributed by atoms with Crippen molar-refractivity contribution < 1.29 is 14.7 Å². The Bertz CT molecular complexity index is 346. The quantitative estimate of drug-likeness (QED) is 0.774. The van der Waals surface area contributed by atoms with Crippen LogP contribution in [0.5, 0.6) is 0 Å². The Hall–Kier alpha value is -1.06. The summed E-state index contributed by atoms with van der Waals surface area (Å²) in [7, 11) is 0. The van der Waals surface area contributed by atoms with Gasteiger partial charge >= 0.3 is 5.97 Å². The summed E-state index contributed by atoms with van der Waals surface area (Å²) in [5.41, 5.74) is -0.566. The lowest BCUT2D eigenvalue weighted by atomic mass is 9.77. The Morgan fingerprint density at radius 3 is 2.16 bits per heavy atom. The highest BCUT2D eigenvalue weighted by Gasteiger charge is 2.39. The topological polar surface area (TPSA) is 66.4 Å². The van der Waals surface area contributed by atoms with Crippen LogP contribution >= 0.6 is 0 Å². The summed E-state index contributed by atoms with van der Waals surface area (Å²) in [6.45, 7) is 9.80. The van der Waals surface area contributed by atoms with E-state index >= 15 is 0 Å². The summed E-state index contributed by atoms with van der Waals surface area (Å²) in [5, 5.41) is 12.2. The molecule has 0 spiro atoms. The van der Waals surface area contributed by atoms with Crippen LogP contribution in [0.2, 0.25) is 0 Å². The normalized spacial score (nSPS) is 29.6. The van der Waals surface area contributed by atoms with Crippen molar-refractivity contribution >= 4 is 11.9 Å². The zero-order chi connectivity index (χ0) is 14.8. The highest BCUT2D eigenvalue weighted by molar-refractivity contribution is 5.97. The summed E-state index contributed by atoms with van der Waals surface area (Å²) in [5.74, 6) is -1.10. The third-order valence-electron chi connectivity index (χ3n) is 4.32. The van der Waals surface area contributed by atoms with Crippen molar-refractivity contribution in [2.75, 3.05) is 0 Å². The van der Waals surface area contributed by atoms with E-state index in [0.29, 0.717) is 11.8 Å². The molecule has 4 heteroatoms. The van der Waals surface area contributed by atoms with E-state index in [-0.39, 0.29) is 11.9 Å². The Morgan fingerprint density at radius 2 is 1.74 bits per heavy atom. The molecular weight excluding hydrogens is 242 g/mol. The molecule has 0 aromatic heterocycles. The van der Waals surface area contributed by atoms with E-state index in [1.165, 1.54) is 0 Å². The third-order valence-corrected chi connectivity index (χ3v) is 4.32. The second-order valence-corrected chi connectivity index (χ2v) is 7.11. The molecule has 4 atom stereocenters. The van der Waals surface area contributed by atoms with E-state index in [4.69, 9.17) is 0 Å². The van der Waals surface area contributed by atoms with Crippen molar-refractivity contribution in [2.24, 2.45) is 23.2 Å². The summed E-state index contributed by atoms with van der Waals surface area (Å²) in [6.07, 6.45) is 3.00. The van der Waals surface area contributed by atoms with Gasteiger partial charge in [-0.15, -0.1) is 0 Å². The van der Waals surface area contributed by atoms with Crippen LogP contribution in [0.4, 0.5) is 0 Å². The van der Waals surface area contributed by atoms with E-state index in [1.807, 2.05) is 0 Å². The molecule has 0 aromatic carbocycles. The molecule has 0 radical (unpaired) electrons. The second-order valence-electron chi connectivity index (χ2n) is 7.11. The van der Waals surface area contributed by atoms with Crippen molar-refractivity contribution in [3.05, 3.63) is 0 Å². The molecule has 1 aliphatic rings. The molecule has 4 unspecified atom stereocenters. The molecular formula is C15H27NO3. The molecule has 1 fully saturated rings. The summed E-state index contributed by atoms with van der Waals surface area (Å²) >= 11 is 0. The van der Waals surface area contributed by atoms with Gasteiger partial charge in [-0.25, -0.2) is 0 Å². The molecule has 0 aromatic rings. The average Bonchev–Trinajstić information content (AvgIpc) is 2.20. The number of carboxylic acids is 1. The van der Waals surface area contributed by atoms with E-state index < -0.39 is 17.3 Å². The van der Waals surface area contributed by atoms with Crippen LogP contribution in [-0.4, -0.2) is 23.0 Å². The van der Waals surface area contributed by atoms with Gasteiger partial charge in [0.25, 0.3) is 0 Å². The standard InChI is InChI=1S/C15H27NO3/c1-9-6-7-11(8-10(9)2)16-13(17)12(14(18)19)15(3,4)5/h9-12H,6-8H2,1-5H3,(H,16,17)(H,18,19). The molecule has 4 nitrogen and oxygen atoms in total. The lowest BCUT2D eigenvalue weighted by Crippen LogP contribution is -2.48. The number of hydrogen-bond acceptors (Lipinski definition) is 2. The van der Waals surface area contributed by atoms with Crippen LogP contribution < -0.4 is 5.32 Å². The minimum atomic E-state index is -1.04. The Balaban J connectivity index is 2.65. The van der Waals surface area contributed by atoms with Crippen LogP contribution in [0.1, 0.15) is 53.9 Å². The van der Waals surface area contributed by atoms with Crippen molar-refractivity contribution in [2.45, 2.75) is 59.9 Å². The van der Waals surface area contributed by atoms with E-state index in [9.17, 15) is 14.7 Å². The monoisotopic (exact) mass is 269 g/mol. The smallest absolute Gasteiger partial charge is 0.316 e. The lowest BCUT2D eigenvalue weighted by molar-refractivity contribution is -0.151. The van der Waals surface area contributed by atoms with Crippen molar-refractivity contribution in [3.63, 3.8) is 0 Å². The molecule has 2 N–H and O–H groups in total. The maximum atomic E-state index is 12.2. The van der Waals surface area contributed by atoms with Gasteiger partial charge < -0.3 is 10.4 Å². The van der Waals surface area contributed by atoms with Crippen LogP contribution in [0.25, 0.3) is 0 Å². The third kappa shape index (κ3) is 4.22. The van der Waals surface area contributed by atoms with Gasteiger partial charge in [-0.3, -0.25) is 9.59 Å². The minimum Gasteiger partial charge on any atom is -0.481 e. The SMILES string of the molecule is CC1CCC(NC(=O)C(C(=O)O)C(C)(C)C)CC1C. The number of rotatable bonds is 3. The van der Waals surface area contributed by atoms with Gasteiger partial charge in [-0.05, 0) is 36.5 Å². The number of carbonyl (C=O) groups is 2. The van der Waals surface area contributed by atoms with Gasteiger partial charge in [0.1, 0.15) is 5.92 Å². The molecule has 0 bridgehead atoms. The number of aliphatic carboxylic acids is 1. The number of amides is 1. The molecule has 1 aliphatic carbocycles. The zero-order valence-electron chi connectivity index (χ0n) is 12.7. The Kier molecular flexibility index (Phi) is 4.99. The van der Waals surface area contributed by atoms with Gasteiger partial charge in [0.15, 0.2) is 0 Å². The fraction of sp³-hybridized carbons (Fsp3) is 0.867. The molecule has 1 rings (SSSR count). The van der Waals surface area contributed by atoms with Crippen molar-refractivity contribution in [1.29, 1.82) is 0 Å². The molecule has 0 saturated heterocycles. The predicted molar refractivity (Wildman–Crippen MR) is 74.7 cm³/mol. The minimum absolute atomic E-state index is 0.128. The molecule has 1 saturated carbocycles. The van der Waals surface area contributed by atoms with Crippen molar-refractivity contribution in [1.82, 2.24) is 5.32 Å². The average molecular weight is 269 g/mol. The highest BCUT2D eigenvalue weighted by Crippen LogP contribution is 2.31. The van der Waals surface area contributed by atoms with Gasteiger partial charge in [0, 0.05) is 6.04 Å². The molecule has 110 valence electrons. The molecule has 1 amide bonds.